The van der Waals surface area contributed by atoms with E-state index >= 15 is 0 Å². The molecule has 0 saturated carbocycles. The van der Waals surface area contributed by atoms with Crippen molar-refractivity contribution in [3.63, 3.8) is 0 Å². The molecule has 2 atom stereocenters. The van der Waals surface area contributed by atoms with Gasteiger partial charge in [0.05, 0.1) is 0 Å². The molecule has 0 aromatic heterocycles. The van der Waals surface area contributed by atoms with Crippen LogP contribution in [0.5, 0.6) is 0 Å². The number of rotatable bonds is 2. The largest absolute Gasteiger partial charge is 0.768 e. The van der Waals surface area contributed by atoms with Crippen LogP contribution in [-0.2, 0) is 22.2 Å². The van der Waals surface area contributed by atoms with Crippen molar-refractivity contribution in [3.8, 4) is 0 Å². The third-order valence-corrected chi connectivity index (χ3v) is 3.71. The number of nitrogen functional groups attached to an aromatic ring is 1. The first-order valence-corrected chi connectivity index (χ1v) is 6.66. The minimum absolute atomic E-state index is 0.00713. The quantitative estimate of drug-likeness (QED) is 0.644. The molecule has 0 radical (unpaired) electrons. The van der Waals surface area contributed by atoms with Crippen molar-refractivity contribution in [1.82, 2.24) is 0 Å². The molecule has 2 aromatic rings. The molecule has 0 saturated heterocycles. The van der Waals surface area contributed by atoms with Crippen LogP contribution < -0.4 is 5.73 Å². The van der Waals surface area contributed by atoms with Crippen LogP contribution in [0, 0.1) is 0 Å². The average molecular weight is 269 g/mol. The van der Waals surface area contributed by atoms with Gasteiger partial charge in [0.15, 0.2) is 0 Å². The zero-order valence-corrected chi connectivity index (χ0v) is 10.0. The lowest BCUT2D eigenvalue weighted by Crippen LogP contribution is -1.97. The maximum absolute atomic E-state index is 11.0. The van der Waals surface area contributed by atoms with Gasteiger partial charge in [-0.3, -0.25) is 8.42 Å². The number of anilines is 1. The van der Waals surface area contributed by atoms with Crippen molar-refractivity contribution in [2.24, 2.45) is 0 Å². The summed E-state index contributed by atoms with van der Waals surface area (Å²) in [6, 6.07) is 7.15. The fourth-order valence-corrected chi connectivity index (χ4v) is 2.76. The third kappa shape index (κ3) is 2.22. The molecule has 5 nitrogen and oxygen atoms in total. The molecule has 0 fully saturated rings. The molecule has 0 aliphatic carbocycles. The summed E-state index contributed by atoms with van der Waals surface area (Å²) in [7, 11) is 0. The van der Waals surface area contributed by atoms with Gasteiger partial charge in [-0.1, -0.05) is 12.1 Å². The lowest BCUT2D eigenvalue weighted by molar-refractivity contribution is 0.536. The Kier molecular flexibility index (Phi) is 3.25. The Morgan fingerprint density at radius 1 is 0.941 bits per heavy atom. The lowest BCUT2D eigenvalue weighted by atomic mass is 10.1. The Hall–Kier alpha value is -1.28. The molecular weight excluding hydrogens is 262 g/mol. The molecule has 17 heavy (non-hydrogen) atoms. The van der Waals surface area contributed by atoms with Crippen molar-refractivity contribution in [2.45, 2.75) is 9.79 Å². The van der Waals surface area contributed by atoms with Crippen LogP contribution in [0.4, 0.5) is 5.69 Å². The predicted octanol–water partition coefficient (Wildman–Crippen LogP) is 0.898. The molecule has 90 valence electrons. The molecule has 0 aliphatic heterocycles. The molecule has 2 aromatic carbocycles. The Balaban J connectivity index is 2.92. The average Bonchev–Trinajstić information content (AvgIpc) is 2.26. The van der Waals surface area contributed by atoms with E-state index in [1.165, 1.54) is 30.3 Å². The molecule has 0 aliphatic rings. The van der Waals surface area contributed by atoms with Gasteiger partial charge in [-0.15, -0.1) is 0 Å². The van der Waals surface area contributed by atoms with Gasteiger partial charge in [0, 0.05) is 15.5 Å². The Bertz CT molecular complexity index is 641. The first-order chi connectivity index (χ1) is 8.00. The minimum atomic E-state index is -2.47. The maximum atomic E-state index is 11.0. The third-order valence-electron chi connectivity index (χ3n) is 2.30. The zero-order chi connectivity index (χ0) is 12.6. The minimum Gasteiger partial charge on any atom is -0.768 e. The van der Waals surface area contributed by atoms with Crippen molar-refractivity contribution in [1.29, 1.82) is 0 Å². The summed E-state index contributed by atoms with van der Waals surface area (Å²) >= 11 is -4.91. The highest BCUT2D eigenvalue weighted by atomic mass is 32.2. The van der Waals surface area contributed by atoms with E-state index in [1.807, 2.05) is 0 Å². The molecule has 0 amide bonds. The van der Waals surface area contributed by atoms with Gasteiger partial charge in [0.2, 0.25) is 0 Å². The van der Waals surface area contributed by atoms with Crippen LogP contribution in [0.2, 0.25) is 0 Å². The van der Waals surface area contributed by atoms with Crippen molar-refractivity contribution in [2.75, 3.05) is 5.73 Å². The molecule has 0 spiro atoms. The van der Waals surface area contributed by atoms with Crippen LogP contribution in [0.3, 0.4) is 0 Å². The highest BCUT2D eigenvalue weighted by Gasteiger charge is 2.07. The molecule has 0 bridgehead atoms. The van der Waals surface area contributed by atoms with Crippen LogP contribution in [0.15, 0.2) is 40.1 Å². The summed E-state index contributed by atoms with van der Waals surface area (Å²) in [5, 5.41) is 0.647. The zero-order valence-electron chi connectivity index (χ0n) is 8.41. The summed E-state index contributed by atoms with van der Waals surface area (Å²) in [6.45, 7) is 0. The number of hydrogen-bond donors (Lipinski definition) is 1. The van der Waals surface area contributed by atoms with Crippen molar-refractivity contribution < 1.29 is 17.5 Å². The second kappa shape index (κ2) is 4.53. The van der Waals surface area contributed by atoms with E-state index in [9.17, 15) is 17.5 Å². The van der Waals surface area contributed by atoms with E-state index in [2.05, 4.69) is 0 Å². The summed E-state index contributed by atoms with van der Waals surface area (Å²) in [5.74, 6) is 0. The van der Waals surface area contributed by atoms with E-state index in [1.54, 1.807) is 0 Å². The summed E-state index contributed by atoms with van der Waals surface area (Å²) in [5.41, 5.74) is 5.76. The molecule has 2 unspecified atom stereocenters. The molecule has 7 heteroatoms. The molecule has 2 rings (SSSR count). The van der Waals surface area contributed by atoms with E-state index in [0.717, 1.165) is 0 Å². The molecular formula is C10H7NO4S2-2. The van der Waals surface area contributed by atoms with Gasteiger partial charge < -0.3 is 14.8 Å². The van der Waals surface area contributed by atoms with Gasteiger partial charge in [0.1, 0.15) is 0 Å². The summed E-state index contributed by atoms with van der Waals surface area (Å²) in [6.07, 6.45) is 0. The fourth-order valence-electron chi connectivity index (χ4n) is 1.63. The van der Waals surface area contributed by atoms with Gasteiger partial charge in [-0.25, -0.2) is 0 Å². The van der Waals surface area contributed by atoms with Crippen LogP contribution in [-0.4, -0.2) is 17.5 Å². The van der Waals surface area contributed by atoms with E-state index in [0.29, 0.717) is 10.8 Å². The summed E-state index contributed by atoms with van der Waals surface area (Å²) < 4.78 is 44.1. The Labute approximate surface area is 102 Å². The summed E-state index contributed by atoms with van der Waals surface area (Å²) in [4.78, 5) is 0.0220. The van der Waals surface area contributed by atoms with Crippen LogP contribution in [0.25, 0.3) is 10.8 Å². The second-order valence-corrected chi connectivity index (χ2v) is 5.16. The number of fused-ring (bicyclic) bond motifs is 1. The lowest BCUT2D eigenvalue weighted by Gasteiger charge is -2.14. The fraction of sp³-hybridized carbons (Fsp3) is 0. The monoisotopic (exact) mass is 269 g/mol. The SMILES string of the molecule is Nc1cc(S(=O)[O-])c2cccc(S(=O)[O-])c2c1. The van der Waals surface area contributed by atoms with E-state index < -0.39 is 22.2 Å². The van der Waals surface area contributed by atoms with Gasteiger partial charge in [0.25, 0.3) is 0 Å². The predicted molar refractivity (Wildman–Crippen MR) is 62.7 cm³/mol. The number of nitrogens with two attached hydrogens (primary N) is 1. The van der Waals surface area contributed by atoms with Gasteiger partial charge in [-0.05, 0) is 51.1 Å². The molecule has 2 N–H and O–H groups in total. The van der Waals surface area contributed by atoms with Gasteiger partial charge >= 0.3 is 0 Å². The topological polar surface area (TPSA) is 106 Å². The van der Waals surface area contributed by atoms with Crippen molar-refractivity contribution in [3.05, 3.63) is 30.3 Å². The first-order valence-electron chi connectivity index (χ1n) is 4.51. The number of hydrogen-bond acceptors (Lipinski definition) is 5. The second-order valence-electron chi connectivity index (χ2n) is 3.34. The Morgan fingerprint density at radius 2 is 1.59 bits per heavy atom. The van der Waals surface area contributed by atoms with Crippen LogP contribution >= 0.6 is 0 Å². The van der Waals surface area contributed by atoms with Gasteiger partial charge in [-0.2, -0.15) is 0 Å². The highest BCUT2D eigenvalue weighted by Crippen LogP contribution is 2.28. The Morgan fingerprint density at radius 3 is 2.18 bits per heavy atom. The first kappa shape index (κ1) is 12.2. The van der Waals surface area contributed by atoms with E-state index in [4.69, 9.17) is 5.73 Å². The maximum Gasteiger partial charge on any atom is 0.0348 e. The standard InChI is InChI=1S/C10H9NO4S2/c11-6-4-8-7(10(5-6)17(14)15)2-1-3-9(8)16(12)13/h1-5H,11H2,(H,12,13)(H,14,15)/p-2. The smallest absolute Gasteiger partial charge is 0.0348 e. The highest BCUT2D eigenvalue weighted by molar-refractivity contribution is 7.79. The van der Waals surface area contributed by atoms with E-state index in [-0.39, 0.29) is 15.5 Å². The van der Waals surface area contributed by atoms with Crippen LogP contribution in [0.1, 0.15) is 0 Å². The van der Waals surface area contributed by atoms with Crippen molar-refractivity contribution >= 4 is 38.6 Å². The normalized spacial score (nSPS) is 14.7. The molecule has 0 heterocycles. The number of benzene rings is 2.